The van der Waals surface area contributed by atoms with E-state index in [1.165, 1.54) is 0 Å². The van der Waals surface area contributed by atoms with Crippen LogP contribution in [0, 0.1) is 7.05 Å². The van der Waals surface area contributed by atoms with E-state index < -0.39 is 0 Å². The van der Waals surface area contributed by atoms with Crippen LogP contribution in [-0.4, -0.2) is 9.78 Å². The van der Waals surface area contributed by atoms with E-state index >= 15 is 0 Å². The van der Waals surface area contributed by atoms with Gasteiger partial charge in [0, 0.05) is 17.3 Å². The maximum absolute atomic E-state index is 4.46. The summed E-state index contributed by atoms with van der Waals surface area (Å²) in [5.41, 5.74) is 4.35. The number of aromatic nitrogens is 2. The van der Waals surface area contributed by atoms with E-state index in [1.807, 2.05) is 42.6 Å². The molecule has 0 amide bonds. The molecule has 0 unspecified atom stereocenters. The molecule has 0 aliphatic rings. The Balaban J connectivity index is 2.17. The quantitative estimate of drug-likeness (QED) is 0.657. The molecular formula is C16H13N2. The molecule has 3 rings (SSSR count). The summed E-state index contributed by atoms with van der Waals surface area (Å²) in [4.78, 5) is 0. The zero-order valence-electron chi connectivity index (χ0n) is 9.95. The Kier molecular flexibility index (Phi) is 2.69. The van der Waals surface area contributed by atoms with Gasteiger partial charge in [0.15, 0.2) is 0 Å². The Bertz CT molecular complexity index is 582. The van der Waals surface area contributed by atoms with E-state index in [0.29, 0.717) is 0 Å². The number of hydrogen-bond acceptors (Lipinski definition) is 1. The zero-order chi connectivity index (χ0) is 12.4. The molecule has 2 nitrogen and oxygen atoms in total. The average molecular weight is 233 g/mol. The third-order valence-electron chi connectivity index (χ3n) is 2.89. The molecule has 0 spiro atoms. The monoisotopic (exact) mass is 233 g/mol. The van der Waals surface area contributed by atoms with Crippen LogP contribution in [0.15, 0.2) is 66.9 Å². The molecule has 2 aromatic carbocycles. The minimum Gasteiger partial charge on any atom is -0.270 e. The van der Waals surface area contributed by atoms with Crippen molar-refractivity contribution >= 4 is 0 Å². The highest BCUT2D eigenvalue weighted by Crippen LogP contribution is 2.30. The molecule has 0 saturated heterocycles. The second-order valence-corrected chi connectivity index (χ2v) is 4.16. The molecule has 0 bridgehead atoms. The van der Waals surface area contributed by atoms with Crippen molar-refractivity contribution in [3.8, 4) is 22.4 Å². The van der Waals surface area contributed by atoms with E-state index in [9.17, 15) is 0 Å². The predicted molar refractivity (Wildman–Crippen MR) is 73.9 cm³/mol. The fourth-order valence-corrected chi connectivity index (χ4v) is 2.06. The van der Waals surface area contributed by atoms with Crippen molar-refractivity contribution in [1.82, 2.24) is 9.78 Å². The van der Waals surface area contributed by atoms with E-state index in [1.54, 1.807) is 4.68 Å². The van der Waals surface area contributed by atoms with Crippen molar-refractivity contribution in [2.75, 3.05) is 0 Å². The normalized spacial score (nSPS) is 10.5. The minimum absolute atomic E-state index is 0.969. The van der Waals surface area contributed by atoms with Crippen molar-refractivity contribution in [2.45, 2.75) is 0 Å². The van der Waals surface area contributed by atoms with Gasteiger partial charge >= 0.3 is 0 Å². The molecule has 0 fully saturated rings. The maximum atomic E-state index is 4.46. The summed E-state index contributed by atoms with van der Waals surface area (Å²) in [5.74, 6) is 0. The standard InChI is InChI=1S/C16H13N2/c1-18-12-15(13-8-4-2-5-9-13)16(17-18)14-10-6-3-7-11-14/h2-12H,1H2. The molecular weight excluding hydrogens is 220 g/mol. The predicted octanol–water partition coefficient (Wildman–Crippen LogP) is 3.86. The van der Waals surface area contributed by atoms with Crippen molar-refractivity contribution in [1.29, 1.82) is 0 Å². The summed E-state index contributed by atoms with van der Waals surface area (Å²) in [5, 5.41) is 4.46. The van der Waals surface area contributed by atoms with Gasteiger partial charge in [0.25, 0.3) is 0 Å². The minimum atomic E-state index is 0.969. The summed E-state index contributed by atoms with van der Waals surface area (Å²) >= 11 is 0. The second-order valence-electron chi connectivity index (χ2n) is 4.16. The second kappa shape index (κ2) is 4.49. The molecule has 1 heterocycles. The summed E-state index contributed by atoms with van der Waals surface area (Å²) < 4.78 is 1.62. The Hall–Kier alpha value is -2.35. The van der Waals surface area contributed by atoms with Crippen LogP contribution in [0.4, 0.5) is 0 Å². The van der Waals surface area contributed by atoms with Crippen LogP contribution in [0.2, 0.25) is 0 Å². The van der Waals surface area contributed by atoms with E-state index in [2.05, 4.69) is 36.4 Å². The largest absolute Gasteiger partial charge is 0.270 e. The lowest BCUT2D eigenvalue weighted by atomic mass is 10.0. The first-order chi connectivity index (χ1) is 8.84. The maximum Gasteiger partial charge on any atom is 0.100 e. The molecule has 0 N–H and O–H groups in total. The molecule has 18 heavy (non-hydrogen) atoms. The van der Waals surface area contributed by atoms with Crippen LogP contribution < -0.4 is 0 Å². The summed E-state index contributed by atoms with van der Waals surface area (Å²) in [6, 6.07) is 20.4. The number of benzene rings is 2. The van der Waals surface area contributed by atoms with E-state index in [0.717, 1.165) is 22.4 Å². The van der Waals surface area contributed by atoms with Gasteiger partial charge in [-0.25, -0.2) is 0 Å². The molecule has 87 valence electrons. The van der Waals surface area contributed by atoms with Crippen molar-refractivity contribution in [2.24, 2.45) is 0 Å². The summed E-state index contributed by atoms with van der Waals surface area (Å²) in [6.45, 7) is 0. The van der Waals surface area contributed by atoms with Crippen LogP contribution in [-0.2, 0) is 0 Å². The third-order valence-corrected chi connectivity index (χ3v) is 2.89. The van der Waals surface area contributed by atoms with Gasteiger partial charge in [-0.15, -0.1) is 0 Å². The highest BCUT2D eigenvalue weighted by atomic mass is 15.2. The van der Waals surface area contributed by atoms with Crippen molar-refractivity contribution in [3.05, 3.63) is 73.9 Å². The first-order valence-corrected chi connectivity index (χ1v) is 5.86. The molecule has 0 aliphatic carbocycles. The summed E-state index contributed by atoms with van der Waals surface area (Å²) in [6.07, 6.45) is 1.96. The smallest absolute Gasteiger partial charge is 0.100 e. The molecule has 0 aliphatic heterocycles. The Morgan fingerprint density at radius 1 is 0.778 bits per heavy atom. The lowest BCUT2D eigenvalue weighted by Gasteiger charge is -2.02. The van der Waals surface area contributed by atoms with Crippen molar-refractivity contribution < 1.29 is 0 Å². The SMILES string of the molecule is [CH2]n1cc(-c2ccccc2)c(-c2ccccc2)n1. The van der Waals surface area contributed by atoms with Gasteiger partial charge in [-0.3, -0.25) is 4.68 Å². The van der Waals surface area contributed by atoms with Crippen LogP contribution in [0.1, 0.15) is 0 Å². The van der Waals surface area contributed by atoms with Crippen LogP contribution in [0.5, 0.6) is 0 Å². The van der Waals surface area contributed by atoms with Crippen LogP contribution >= 0.6 is 0 Å². The number of hydrogen-bond donors (Lipinski definition) is 0. The van der Waals surface area contributed by atoms with E-state index in [-0.39, 0.29) is 0 Å². The highest BCUT2D eigenvalue weighted by Gasteiger charge is 2.11. The zero-order valence-corrected chi connectivity index (χ0v) is 9.95. The van der Waals surface area contributed by atoms with Gasteiger partial charge in [0.2, 0.25) is 0 Å². The lowest BCUT2D eigenvalue weighted by molar-refractivity contribution is 0.881. The average Bonchev–Trinajstić information content (AvgIpc) is 2.83. The van der Waals surface area contributed by atoms with Gasteiger partial charge in [-0.1, -0.05) is 60.7 Å². The number of rotatable bonds is 2. The van der Waals surface area contributed by atoms with Gasteiger partial charge in [-0.05, 0) is 5.56 Å². The first kappa shape index (κ1) is 10.8. The number of nitrogens with zero attached hydrogens (tertiary/aromatic N) is 2. The molecule has 0 saturated carbocycles. The van der Waals surface area contributed by atoms with Gasteiger partial charge < -0.3 is 0 Å². The van der Waals surface area contributed by atoms with Gasteiger partial charge in [0.1, 0.15) is 5.69 Å². The van der Waals surface area contributed by atoms with Gasteiger partial charge in [-0.2, -0.15) is 5.10 Å². The Morgan fingerprint density at radius 2 is 1.33 bits per heavy atom. The van der Waals surface area contributed by atoms with Crippen LogP contribution in [0.3, 0.4) is 0 Å². The fraction of sp³-hybridized carbons (Fsp3) is 0. The molecule has 1 radical (unpaired) electrons. The van der Waals surface area contributed by atoms with Crippen molar-refractivity contribution in [3.63, 3.8) is 0 Å². The Morgan fingerprint density at radius 3 is 1.94 bits per heavy atom. The van der Waals surface area contributed by atoms with Crippen LogP contribution in [0.25, 0.3) is 22.4 Å². The van der Waals surface area contributed by atoms with E-state index in [4.69, 9.17) is 0 Å². The molecule has 2 heteroatoms. The molecule has 1 aromatic heterocycles. The fourth-order valence-electron chi connectivity index (χ4n) is 2.06. The molecule has 0 atom stereocenters. The summed E-state index contributed by atoms with van der Waals surface area (Å²) in [7, 11) is 3.86. The highest BCUT2D eigenvalue weighted by molar-refractivity contribution is 5.80. The topological polar surface area (TPSA) is 17.8 Å². The first-order valence-electron chi connectivity index (χ1n) is 5.86. The van der Waals surface area contributed by atoms with Gasteiger partial charge in [0.05, 0.1) is 7.05 Å². The Labute approximate surface area is 107 Å². The molecule has 3 aromatic rings. The third kappa shape index (κ3) is 1.93. The lowest BCUT2D eigenvalue weighted by Crippen LogP contribution is -1.85.